The molecule has 0 radical (unpaired) electrons. The predicted molar refractivity (Wildman–Crippen MR) is 142 cm³/mol. The number of hydrogen-bond acceptors (Lipinski definition) is 8. The SMILES string of the molecule is C[C@@H]1CN([C@@H](C)CO)C(=O)c2cc(NS(=O)(=O)c3cn(C)cn3)ccc2O[C@@H]1CN(C)Cc1ccncc1. The second-order valence-electron chi connectivity index (χ2n) is 9.87. The molecule has 3 atom stereocenters. The van der Waals surface area contributed by atoms with Crippen molar-refractivity contribution in [2.75, 3.05) is 31.5 Å². The molecule has 3 heterocycles. The van der Waals surface area contributed by atoms with Crippen LogP contribution in [0, 0.1) is 5.92 Å². The van der Waals surface area contributed by atoms with Crippen molar-refractivity contribution in [3.05, 3.63) is 66.4 Å². The van der Waals surface area contributed by atoms with Gasteiger partial charge in [0.05, 0.1) is 24.5 Å². The van der Waals surface area contributed by atoms with E-state index >= 15 is 0 Å². The van der Waals surface area contributed by atoms with Gasteiger partial charge in [-0.1, -0.05) is 6.92 Å². The quantitative estimate of drug-likeness (QED) is 0.420. The first kappa shape index (κ1) is 27.6. The number of ether oxygens (including phenoxy) is 1. The van der Waals surface area contributed by atoms with Crippen LogP contribution in [0.2, 0.25) is 0 Å². The smallest absolute Gasteiger partial charge is 0.280 e. The summed E-state index contributed by atoms with van der Waals surface area (Å²) in [6.07, 6.45) is 6.04. The number of carbonyl (C=O) groups is 1. The molecule has 0 saturated heterocycles. The second-order valence-corrected chi connectivity index (χ2v) is 11.5. The number of carbonyl (C=O) groups excluding carboxylic acids is 1. The lowest BCUT2D eigenvalue weighted by atomic mass is 9.99. The van der Waals surface area contributed by atoms with Crippen LogP contribution in [0.1, 0.15) is 29.8 Å². The van der Waals surface area contributed by atoms with Crippen LogP contribution in [0.5, 0.6) is 5.75 Å². The molecule has 0 spiro atoms. The third-order valence-corrected chi connectivity index (χ3v) is 7.83. The van der Waals surface area contributed by atoms with Gasteiger partial charge in [-0.3, -0.25) is 19.4 Å². The Kier molecular flexibility index (Phi) is 8.34. The predicted octanol–water partition coefficient (Wildman–Crippen LogP) is 1.97. The lowest BCUT2D eigenvalue weighted by molar-refractivity contribution is 0.0341. The Morgan fingerprint density at radius 2 is 2.00 bits per heavy atom. The highest BCUT2D eigenvalue weighted by atomic mass is 32.2. The first-order valence-electron chi connectivity index (χ1n) is 12.4. The first-order valence-corrected chi connectivity index (χ1v) is 13.9. The summed E-state index contributed by atoms with van der Waals surface area (Å²) in [5.74, 6) is -0.0148. The van der Waals surface area contributed by atoms with Crippen LogP contribution in [0.15, 0.2) is 60.3 Å². The molecule has 0 unspecified atom stereocenters. The molecule has 0 saturated carbocycles. The molecule has 11 nitrogen and oxygen atoms in total. The summed E-state index contributed by atoms with van der Waals surface area (Å²) in [5, 5.41) is 9.74. The Hall–Kier alpha value is -3.48. The van der Waals surface area contributed by atoms with E-state index in [-0.39, 0.29) is 40.8 Å². The number of sulfonamides is 1. The number of aromatic nitrogens is 3. The molecule has 2 aromatic heterocycles. The molecule has 1 amide bonds. The number of aryl methyl sites for hydroxylation is 1. The fourth-order valence-corrected chi connectivity index (χ4v) is 5.44. The Labute approximate surface area is 223 Å². The van der Waals surface area contributed by atoms with Gasteiger partial charge in [-0.05, 0) is 49.9 Å². The lowest BCUT2D eigenvalue weighted by Gasteiger charge is -2.38. The summed E-state index contributed by atoms with van der Waals surface area (Å²) < 4.78 is 36.1. The topological polar surface area (TPSA) is 130 Å². The number of pyridine rings is 1. The zero-order valence-electron chi connectivity index (χ0n) is 22.0. The molecule has 1 aliphatic rings. The largest absolute Gasteiger partial charge is 0.488 e. The van der Waals surface area contributed by atoms with Crippen LogP contribution >= 0.6 is 0 Å². The van der Waals surface area contributed by atoms with E-state index in [1.54, 1.807) is 43.4 Å². The zero-order chi connectivity index (χ0) is 27.4. The molecule has 1 aliphatic heterocycles. The van der Waals surface area contributed by atoms with E-state index in [9.17, 15) is 18.3 Å². The Morgan fingerprint density at radius 3 is 2.66 bits per heavy atom. The molecule has 3 aromatic rings. The number of imidazole rings is 1. The summed E-state index contributed by atoms with van der Waals surface area (Å²) in [6, 6.07) is 8.15. The maximum absolute atomic E-state index is 13.6. The lowest BCUT2D eigenvalue weighted by Crippen LogP contribution is -2.49. The van der Waals surface area contributed by atoms with Crippen molar-refractivity contribution >= 4 is 21.6 Å². The highest BCUT2D eigenvalue weighted by molar-refractivity contribution is 7.92. The highest BCUT2D eigenvalue weighted by Gasteiger charge is 2.34. The van der Waals surface area contributed by atoms with Gasteiger partial charge in [0.1, 0.15) is 11.9 Å². The number of aliphatic hydroxyl groups excluding tert-OH is 1. The summed E-state index contributed by atoms with van der Waals surface area (Å²) >= 11 is 0. The number of benzene rings is 1. The van der Waals surface area contributed by atoms with Crippen LogP contribution in [-0.2, 0) is 23.6 Å². The Balaban J connectivity index is 1.63. The van der Waals surface area contributed by atoms with Crippen LogP contribution < -0.4 is 9.46 Å². The molecule has 0 bridgehead atoms. The molecule has 38 heavy (non-hydrogen) atoms. The van der Waals surface area contributed by atoms with Gasteiger partial charge in [-0.25, -0.2) is 4.98 Å². The number of likely N-dealkylation sites (N-methyl/N-ethyl adjacent to an activating group) is 1. The number of anilines is 1. The highest BCUT2D eigenvalue weighted by Crippen LogP contribution is 2.31. The van der Waals surface area contributed by atoms with Crippen molar-refractivity contribution < 1.29 is 23.1 Å². The summed E-state index contributed by atoms with van der Waals surface area (Å²) in [4.78, 5) is 25.4. The number of nitrogens with zero attached hydrogens (tertiary/aromatic N) is 5. The van der Waals surface area contributed by atoms with E-state index in [0.717, 1.165) is 5.56 Å². The standard InChI is InChI=1S/C26H34N6O5S/c1-18-12-32(19(2)16-33)26(34)22-11-21(29-38(35,36)25-15-31(4)17-28-25)5-6-23(22)37-24(18)14-30(3)13-20-7-9-27-10-8-20/h5-11,15,17-19,24,29,33H,12-14,16H2,1-4H3/t18-,19+,24-/m1/s1. The molecule has 0 aliphatic carbocycles. The summed E-state index contributed by atoms with van der Waals surface area (Å²) in [6.45, 7) is 5.27. The third-order valence-electron chi connectivity index (χ3n) is 6.57. The number of aliphatic hydroxyl groups is 1. The van der Waals surface area contributed by atoms with E-state index in [0.29, 0.717) is 25.4 Å². The fraction of sp³-hybridized carbons (Fsp3) is 0.423. The van der Waals surface area contributed by atoms with E-state index in [4.69, 9.17) is 4.74 Å². The number of hydrogen-bond donors (Lipinski definition) is 2. The van der Waals surface area contributed by atoms with Gasteiger partial charge < -0.3 is 19.3 Å². The number of rotatable bonds is 9. The van der Waals surface area contributed by atoms with Gasteiger partial charge >= 0.3 is 0 Å². The normalized spacial score (nSPS) is 18.9. The van der Waals surface area contributed by atoms with Crippen LogP contribution in [-0.4, -0.2) is 82.7 Å². The fourth-order valence-electron chi connectivity index (χ4n) is 4.41. The first-order chi connectivity index (χ1) is 18.1. The number of fused-ring (bicyclic) bond motifs is 1. The van der Waals surface area contributed by atoms with E-state index in [1.165, 1.54) is 23.2 Å². The van der Waals surface area contributed by atoms with E-state index in [1.807, 2.05) is 26.1 Å². The van der Waals surface area contributed by atoms with Crippen molar-refractivity contribution in [3.8, 4) is 5.75 Å². The summed E-state index contributed by atoms with van der Waals surface area (Å²) in [5.41, 5.74) is 1.56. The van der Waals surface area contributed by atoms with Gasteiger partial charge in [0.25, 0.3) is 15.9 Å². The van der Waals surface area contributed by atoms with Gasteiger partial charge in [0.2, 0.25) is 0 Å². The minimum absolute atomic E-state index is 0.0386. The van der Waals surface area contributed by atoms with E-state index in [2.05, 4.69) is 19.6 Å². The van der Waals surface area contributed by atoms with E-state index < -0.39 is 16.1 Å². The van der Waals surface area contributed by atoms with Crippen LogP contribution in [0.25, 0.3) is 0 Å². The van der Waals surface area contributed by atoms with Crippen molar-refractivity contribution in [1.29, 1.82) is 0 Å². The van der Waals surface area contributed by atoms with Crippen molar-refractivity contribution in [3.63, 3.8) is 0 Å². The van der Waals surface area contributed by atoms with Crippen molar-refractivity contribution in [2.24, 2.45) is 13.0 Å². The maximum Gasteiger partial charge on any atom is 0.280 e. The minimum atomic E-state index is -3.95. The molecule has 1 aromatic carbocycles. The molecule has 2 N–H and O–H groups in total. The molecule has 0 fully saturated rings. The zero-order valence-corrected chi connectivity index (χ0v) is 22.8. The summed E-state index contributed by atoms with van der Waals surface area (Å²) in [7, 11) is -0.270. The van der Waals surface area contributed by atoms with Crippen molar-refractivity contribution in [1.82, 2.24) is 24.3 Å². The van der Waals surface area contributed by atoms with Gasteiger partial charge in [0, 0.05) is 56.9 Å². The average molecular weight is 543 g/mol. The second kappa shape index (κ2) is 11.5. The Bertz CT molecular complexity index is 1360. The van der Waals surface area contributed by atoms with Crippen LogP contribution in [0.4, 0.5) is 5.69 Å². The van der Waals surface area contributed by atoms with Gasteiger partial charge in [-0.2, -0.15) is 8.42 Å². The van der Waals surface area contributed by atoms with Gasteiger partial charge in [-0.15, -0.1) is 0 Å². The third kappa shape index (κ3) is 6.32. The molecule has 12 heteroatoms. The number of nitrogens with one attached hydrogen (secondary N) is 1. The van der Waals surface area contributed by atoms with Crippen LogP contribution in [0.3, 0.4) is 0 Å². The molecular weight excluding hydrogens is 508 g/mol. The minimum Gasteiger partial charge on any atom is -0.488 e. The molecule has 4 rings (SSSR count). The average Bonchev–Trinajstić information content (AvgIpc) is 3.34. The molecule has 204 valence electrons. The number of amides is 1. The van der Waals surface area contributed by atoms with Crippen molar-refractivity contribution in [2.45, 2.75) is 37.6 Å². The monoisotopic (exact) mass is 542 g/mol. The maximum atomic E-state index is 13.6. The Morgan fingerprint density at radius 1 is 1.26 bits per heavy atom. The molecular formula is C26H34N6O5S. The van der Waals surface area contributed by atoms with Gasteiger partial charge in [0.15, 0.2) is 5.03 Å².